The third-order valence-electron chi connectivity index (χ3n) is 3.27. The lowest BCUT2D eigenvalue weighted by Gasteiger charge is -2.11. The smallest absolute Gasteiger partial charge is 0.307 e. The number of hydrogen-bond donors (Lipinski definition) is 2. The van der Waals surface area contributed by atoms with E-state index in [1.54, 1.807) is 19.0 Å². The molecule has 1 aromatic carbocycles. The van der Waals surface area contributed by atoms with Crippen molar-refractivity contribution in [3.63, 3.8) is 0 Å². The van der Waals surface area contributed by atoms with E-state index in [2.05, 4.69) is 19.7 Å². The largest absolute Gasteiger partial charge is 0.457 e. The van der Waals surface area contributed by atoms with Crippen molar-refractivity contribution >= 4 is 27.9 Å². The number of hydrogen-bond acceptors (Lipinski definition) is 9. The summed E-state index contributed by atoms with van der Waals surface area (Å²) in [6, 6.07) is 2.15. The predicted octanol–water partition coefficient (Wildman–Crippen LogP) is 0.210. The number of nitrogens with one attached hydrogen (secondary N) is 1. The molecule has 1 heterocycles. The number of carbonyl (C=O) groups is 1. The van der Waals surface area contributed by atoms with Crippen LogP contribution < -0.4 is 15.4 Å². The molecule has 0 atom stereocenters. The molecule has 1 aromatic heterocycles. The van der Waals surface area contributed by atoms with E-state index in [9.17, 15) is 22.0 Å². The zero-order valence-corrected chi connectivity index (χ0v) is 15.8. The Hall–Kier alpha value is -2.93. The van der Waals surface area contributed by atoms with Crippen molar-refractivity contribution in [2.45, 2.75) is 17.9 Å². The average Bonchev–Trinajstić information content (AvgIpc) is 2.61. The van der Waals surface area contributed by atoms with E-state index in [0.717, 1.165) is 6.07 Å². The second-order valence-corrected chi connectivity index (χ2v) is 7.46. The van der Waals surface area contributed by atoms with Crippen molar-refractivity contribution in [1.29, 1.82) is 0 Å². The number of nitrogens with zero attached hydrogens (tertiary/aromatic N) is 4. The van der Waals surface area contributed by atoms with Gasteiger partial charge in [0.1, 0.15) is 0 Å². The molecule has 0 fully saturated rings. The number of anilines is 2. The first kappa shape index (κ1) is 21.4. The highest BCUT2D eigenvalue weighted by molar-refractivity contribution is 7.89. The molecule has 28 heavy (non-hydrogen) atoms. The number of esters is 1. The van der Waals surface area contributed by atoms with Gasteiger partial charge in [0.25, 0.3) is 0 Å². The summed E-state index contributed by atoms with van der Waals surface area (Å²) < 4.78 is 57.1. The normalized spacial score (nSPS) is 11.3. The zero-order valence-electron chi connectivity index (χ0n) is 15.0. The van der Waals surface area contributed by atoms with Crippen LogP contribution in [0.15, 0.2) is 23.1 Å². The number of rotatable bonds is 8. The summed E-state index contributed by atoms with van der Waals surface area (Å²) >= 11 is 0. The summed E-state index contributed by atoms with van der Waals surface area (Å²) in [5, 5.41) is 0. The lowest BCUT2D eigenvalue weighted by molar-refractivity contribution is -0.145. The van der Waals surface area contributed by atoms with E-state index in [-0.39, 0.29) is 37.3 Å². The summed E-state index contributed by atoms with van der Waals surface area (Å²) in [4.78, 5) is 24.7. The van der Waals surface area contributed by atoms with Crippen molar-refractivity contribution < 1.29 is 26.7 Å². The minimum absolute atomic E-state index is 0.0379. The summed E-state index contributed by atoms with van der Waals surface area (Å²) in [5.74, 6) is -2.80. The van der Waals surface area contributed by atoms with E-state index in [0.29, 0.717) is 12.1 Å². The highest BCUT2D eigenvalue weighted by Crippen LogP contribution is 2.13. The lowest BCUT2D eigenvalue weighted by atomic mass is 10.3. The molecule has 10 nitrogen and oxygen atoms in total. The number of sulfonamides is 1. The van der Waals surface area contributed by atoms with Gasteiger partial charge in [0.05, 0.1) is 11.3 Å². The molecule has 3 N–H and O–H groups in total. The Morgan fingerprint density at radius 1 is 1.21 bits per heavy atom. The van der Waals surface area contributed by atoms with Gasteiger partial charge in [-0.2, -0.15) is 15.0 Å². The van der Waals surface area contributed by atoms with Crippen LogP contribution >= 0.6 is 0 Å². The SMILES string of the molecule is CN(C)c1nc(N)nc(COC(=O)CCNS(=O)(=O)c2ccc(F)c(F)c2)n1. The Balaban J connectivity index is 1.86. The summed E-state index contributed by atoms with van der Waals surface area (Å²) in [6.07, 6.45) is -0.302. The van der Waals surface area contributed by atoms with Gasteiger partial charge in [-0.1, -0.05) is 0 Å². The van der Waals surface area contributed by atoms with Gasteiger partial charge in [0.2, 0.25) is 21.9 Å². The van der Waals surface area contributed by atoms with Gasteiger partial charge in [0, 0.05) is 20.6 Å². The number of ether oxygens (including phenoxy) is 1. The minimum Gasteiger partial charge on any atom is -0.457 e. The molecule has 13 heteroatoms. The van der Waals surface area contributed by atoms with Crippen LogP contribution in [0.3, 0.4) is 0 Å². The number of aromatic nitrogens is 3. The molecule has 0 aliphatic rings. The molecule has 0 aliphatic heterocycles. The second kappa shape index (κ2) is 8.84. The Kier molecular flexibility index (Phi) is 6.75. The van der Waals surface area contributed by atoms with E-state index in [1.807, 2.05) is 0 Å². The van der Waals surface area contributed by atoms with E-state index < -0.39 is 32.5 Å². The fourth-order valence-corrected chi connectivity index (χ4v) is 2.96. The van der Waals surface area contributed by atoms with Gasteiger partial charge >= 0.3 is 5.97 Å². The maximum Gasteiger partial charge on any atom is 0.307 e. The fraction of sp³-hybridized carbons (Fsp3) is 0.333. The van der Waals surface area contributed by atoms with Crippen LogP contribution in [0.2, 0.25) is 0 Å². The standard InChI is InChI=1S/C15H18F2N6O4S/c1-23(2)15-21-12(20-14(18)22-15)8-27-13(24)5-6-19-28(25,26)9-3-4-10(16)11(17)7-9/h3-4,7,19H,5-6,8H2,1-2H3,(H2,18,20,21,22). The summed E-state index contributed by atoms with van der Waals surface area (Å²) in [6.45, 7) is -0.579. The first-order valence-corrected chi connectivity index (χ1v) is 9.35. The van der Waals surface area contributed by atoms with Crippen LogP contribution in [-0.4, -0.2) is 50.0 Å². The summed E-state index contributed by atoms with van der Waals surface area (Å²) in [7, 11) is -0.706. The molecule has 0 amide bonds. The molecule has 2 rings (SSSR count). The Morgan fingerprint density at radius 3 is 2.57 bits per heavy atom. The second-order valence-electron chi connectivity index (χ2n) is 5.69. The molecular formula is C15H18F2N6O4S. The third kappa shape index (κ3) is 5.79. The monoisotopic (exact) mass is 416 g/mol. The Morgan fingerprint density at radius 2 is 1.93 bits per heavy atom. The quantitative estimate of drug-likeness (QED) is 0.578. The van der Waals surface area contributed by atoms with Gasteiger partial charge < -0.3 is 15.4 Å². The average molecular weight is 416 g/mol. The van der Waals surface area contributed by atoms with Gasteiger partial charge in [-0.25, -0.2) is 21.9 Å². The molecule has 0 aliphatic carbocycles. The number of benzene rings is 1. The van der Waals surface area contributed by atoms with Crippen LogP contribution in [0.25, 0.3) is 0 Å². The van der Waals surface area contributed by atoms with Crippen molar-refractivity contribution in [2.75, 3.05) is 31.3 Å². The molecule has 0 saturated carbocycles. The molecule has 0 radical (unpaired) electrons. The van der Waals surface area contributed by atoms with Gasteiger partial charge in [-0.05, 0) is 18.2 Å². The van der Waals surface area contributed by atoms with E-state index >= 15 is 0 Å². The van der Waals surface area contributed by atoms with E-state index in [1.165, 1.54) is 0 Å². The van der Waals surface area contributed by atoms with Crippen LogP contribution in [0.4, 0.5) is 20.7 Å². The lowest BCUT2D eigenvalue weighted by Crippen LogP contribution is -2.27. The molecule has 0 unspecified atom stereocenters. The van der Waals surface area contributed by atoms with Gasteiger partial charge in [0.15, 0.2) is 24.1 Å². The zero-order chi connectivity index (χ0) is 20.9. The molecule has 152 valence electrons. The first-order valence-electron chi connectivity index (χ1n) is 7.86. The molecule has 2 aromatic rings. The van der Waals surface area contributed by atoms with E-state index in [4.69, 9.17) is 10.5 Å². The topological polar surface area (TPSA) is 140 Å². The minimum atomic E-state index is -4.10. The van der Waals surface area contributed by atoms with Crippen molar-refractivity contribution in [1.82, 2.24) is 19.7 Å². The fourth-order valence-electron chi connectivity index (χ4n) is 1.92. The number of nitrogen functional groups attached to an aromatic ring is 1. The van der Waals surface area contributed by atoms with Crippen molar-refractivity contribution in [2.24, 2.45) is 0 Å². The molecule has 0 bridgehead atoms. The highest BCUT2D eigenvalue weighted by Gasteiger charge is 2.17. The predicted molar refractivity (Wildman–Crippen MR) is 94.5 cm³/mol. The van der Waals surface area contributed by atoms with Crippen LogP contribution in [0, 0.1) is 11.6 Å². The van der Waals surface area contributed by atoms with Crippen LogP contribution in [-0.2, 0) is 26.2 Å². The Bertz CT molecular complexity index is 971. The van der Waals surface area contributed by atoms with Crippen LogP contribution in [0.5, 0.6) is 0 Å². The third-order valence-corrected chi connectivity index (χ3v) is 4.73. The van der Waals surface area contributed by atoms with Crippen molar-refractivity contribution in [3.05, 3.63) is 35.7 Å². The molecule has 0 saturated heterocycles. The molecule has 0 spiro atoms. The number of halogens is 2. The van der Waals surface area contributed by atoms with Crippen LogP contribution in [0.1, 0.15) is 12.2 Å². The number of carbonyl (C=O) groups excluding carboxylic acids is 1. The van der Waals surface area contributed by atoms with Gasteiger partial charge in [-0.15, -0.1) is 0 Å². The maximum absolute atomic E-state index is 13.2. The molecular weight excluding hydrogens is 398 g/mol. The first-order chi connectivity index (χ1) is 13.1. The van der Waals surface area contributed by atoms with Gasteiger partial charge in [-0.3, -0.25) is 4.79 Å². The summed E-state index contributed by atoms with van der Waals surface area (Å²) in [5.41, 5.74) is 5.55. The number of nitrogens with two attached hydrogens (primary N) is 1. The maximum atomic E-state index is 13.2. The highest BCUT2D eigenvalue weighted by atomic mass is 32.2. The Labute approximate surface area is 159 Å². The van der Waals surface area contributed by atoms with Crippen molar-refractivity contribution in [3.8, 4) is 0 Å².